The average molecular weight is 752 g/mol. The van der Waals surface area contributed by atoms with Crippen LogP contribution in [-0.4, -0.2) is 54.2 Å². The first-order valence-electron chi connectivity index (χ1n) is 16.2. The molecule has 0 atom stereocenters. The Bertz CT molecular complexity index is 370. The number of carboxylic acid groups (broad SMARTS) is 2. The first-order valence-corrected chi connectivity index (χ1v) is 24.3. The molecule has 0 aromatic heterocycles. The number of carbonyl (C=O) groups excluding carboxylic acids is 2. The van der Waals surface area contributed by atoms with E-state index < -0.39 is 11.9 Å². The molecule has 0 radical (unpaired) electrons. The fourth-order valence-electron chi connectivity index (χ4n) is 3.20. The first kappa shape index (κ1) is 45.5. The molecule has 0 saturated carbocycles. The predicted molar refractivity (Wildman–Crippen MR) is 167 cm³/mol. The van der Waals surface area contributed by atoms with Crippen molar-refractivity contribution in [3.8, 4) is 0 Å². The molecule has 0 bridgehead atoms. The van der Waals surface area contributed by atoms with Crippen LogP contribution >= 0.6 is 0 Å². The van der Waals surface area contributed by atoms with Gasteiger partial charge in [-0.2, -0.15) is 0 Å². The Labute approximate surface area is 260 Å². The van der Waals surface area contributed by atoms with E-state index in [0.717, 1.165) is 38.5 Å². The zero-order valence-electron chi connectivity index (χ0n) is 26.6. The minimum absolute atomic E-state index is 0.149. The van der Waals surface area contributed by atoms with Crippen molar-refractivity contribution < 1.29 is 19.8 Å². The molecule has 0 aromatic carbocycles. The maximum atomic E-state index is 9.92. The molecule has 0 saturated heterocycles. The van der Waals surface area contributed by atoms with Crippen LogP contribution in [-0.2, 0) is 9.59 Å². The van der Waals surface area contributed by atoms with Crippen molar-refractivity contribution in [2.75, 3.05) is 0 Å². The van der Waals surface area contributed by atoms with Crippen LogP contribution in [0.2, 0.25) is 17.7 Å². The number of aliphatic carboxylic acids is 2. The van der Waals surface area contributed by atoms with Crippen LogP contribution in [0.4, 0.5) is 0 Å². The summed E-state index contributed by atoms with van der Waals surface area (Å²) in [4.78, 5) is 19.8. The Morgan fingerprint density at radius 2 is 0.632 bits per heavy atom. The van der Waals surface area contributed by atoms with E-state index in [9.17, 15) is 19.8 Å². The fraction of sp³-hybridized carbons (Fsp3) is 0.938. The van der Waals surface area contributed by atoms with Crippen LogP contribution < -0.4 is 10.2 Å². The second-order valence-corrected chi connectivity index (χ2v) is 18.5. The van der Waals surface area contributed by atoms with Crippen molar-refractivity contribution in [2.24, 2.45) is 0 Å². The van der Waals surface area contributed by atoms with Gasteiger partial charge in [-0.3, -0.25) is 0 Å². The molecule has 0 amide bonds. The summed E-state index contributed by atoms with van der Waals surface area (Å²) in [7, 11) is 0. The van der Waals surface area contributed by atoms with Crippen molar-refractivity contribution in [1.29, 1.82) is 0 Å². The average Bonchev–Trinajstić information content (AvgIpc) is 2.89. The van der Waals surface area contributed by atoms with Crippen molar-refractivity contribution in [2.45, 2.75) is 188 Å². The second kappa shape index (κ2) is 47.3. The Morgan fingerprint density at radius 1 is 0.395 bits per heavy atom. The zero-order chi connectivity index (χ0) is 29.5. The molecular weight excluding hydrogens is 686 g/mol. The third-order valence-corrected chi connectivity index (χ3v) is 13.9. The number of unbranched alkanes of at least 4 members (excludes halogenated alkanes) is 12. The first-order chi connectivity index (χ1) is 18.4. The van der Waals surface area contributed by atoms with Crippen LogP contribution in [0, 0.1) is 0 Å². The van der Waals surface area contributed by atoms with E-state index in [0.29, 0.717) is 0 Å². The number of rotatable bonds is 24. The number of carboxylic acids is 2. The Balaban J connectivity index is -0.000000203. The van der Waals surface area contributed by atoms with Gasteiger partial charge in [-0.25, -0.2) is 0 Å². The van der Waals surface area contributed by atoms with E-state index >= 15 is 0 Å². The van der Waals surface area contributed by atoms with Crippen LogP contribution in [0.3, 0.4) is 0 Å². The van der Waals surface area contributed by atoms with E-state index in [4.69, 9.17) is 0 Å². The summed E-state index contributed by atoms with van der Waals surface area (Å²) < 4.78 is 6.50. The molecular formula is C32H66O4Sn2+2. The molecule has 38 heavy (non-hydrogen) atoms. The van der Waals surface area contributed by atoms with E-state index in [2.05, 4.69) is 41.5 Å². The van der Waals surface area contributed by atoms with E-state index in [-0.39, 0.29) is 55.1 Å². The van der Waals surface area contributed by atoms with Crippen molar-refractivity contribution in [3.63, 3.8) is 0 Å². The summed E-state index contributed by atoms with van der Waals surface area (Å²) in [5.74, 6) is -1.84. The fourth-order valence-corrected chi connectivity index (χ4v) is 11.5. The van der Waals surface area contributed by atoms with Gasteiger partial charge in [0, 0.05) is 11.9 Å². The molecule has 0 heterocycles. The normalized spacial score (nSPS) is 9.42. The van der Waals surface area contributed by atoms with Crippen molar-refractivity contribution in [1.82, 2.24) is 0 Å². The molecule has 0 spiro atoms. The SMILES string of the molecule is CCCCCCCC(=O)[O-].CCCCCCCC(=O)[O-].CCC[CH2][Sn+2][CH2]CCC.CCC[CH2][Sn+2][CH2]CCC. The van der Waals surface area contributed by atoms with Gasteiger partial charge >= 0.3 is 139 Å². The number of hydrogen-bond donors (Lipinski definition) is 0. The monoisotopic (exact) mass is 754 g/mol. The summed E-state index contributed by atoms with van der Waals surface area (Å²) in [6.07, 6.45) is 22.9. The summed E-state index contributed by atoms with van der Waals surface area (Å²) in [6.45, 7) is 13.4. The maximum absolute atomic E-state index is 9.92. The quantitative estimate of drug-likeness (QED) is 0.0733. The summed E-state index contributed by atoms with van der Waals surface area (Å²) in [5.41, 5.74) is 0. The Kier molecular flexibility index (Phi) is 56.7. The van der Waals surface area contributed by atoms with Crippen LogP contribution in [0.5, 0.6) is 0 Å². The molecule has 0 aliphatic rings. The molecule has 224 valence electrons. The zero-order valence-corrected chi connectivity index (χ0v) is 32.3. The topological polar surface area (TPSA) is 80.3 Å². The third-order valence-electron chi connectivity index (χ3n) is 5.80. The van der Waals surface area contributed by atoms with Gasteiger partial charge < -0.3 is 19.8 Å². The predicted octanol–water partition coefficient (Wildman–Crippen LogP) is 8.45. The summed E-state index contributed by atoms with van der Waals surface area (Å²) >= 11 is 0.299. The van der Waals surface area contributed by atoms with Crippen LogP contribution in [0.1, 0.15) is 170 Å². The molecule has 0 aromatic rings. The minimum atomic E-state index is -0.920. The molecule has 0 fully saturated rings. The second-order valence-electron chi connectivity index (χ2n) is 9.99. The van der Waals surface area contributed by atoms with Gasteiger partial charge in [-0.15, -0.1) is 0 Å². The number of hydrogen-bond acceptors (Lipinski definition) is 4. The van der Waals surface area contributed by atoms with Gasteiger partial charge in [0.1, 0.15) is 0 Å². The third kappa shape index (κ3) is 65.5. The molecule has 0 N–H and O–H groups in total. The molecule has 0 aliphatic heterocycles. The van der Waals surface area contributed by atoms with Gasteiger partial charge in [0.05, 0.1) is 0 Å². The van der Waals surface area contributed by atoms with Crippen molar-refractivity contribution in [3.05, 3.63) is 0 Å². The summed E-state index contributed by atoms with van der Waals surface area (Å²) in [6, 6.07) is 0. The van der Waals surface area contributed by atoms with E-state index in [1.165, 1.54) is 77.0 Å². The van der Waals surface area contributed by atoms with Gasteiger partial charge in [0.2, 0.25) is 0 Å². The van der Waals surface area contributed by atoms with E-state index in [1.807, 2.05) is 0 Å². The standard InChI is InChI=1S/2C8H16O2.4C4H9.2Sn/c2*1-2-3-4-5-6-7-8(9)10;4*1-3-4-2;;/h2*2-7H2,1H3,(H,9,10);4*1,3-4H2,2H3;;/q;;;;;;2*+2/p-2. The Hall–Kier alpha value is 0.537. The molecule has 6 heteroatoms. The van der Waals surface area contributed by atoms with Gasteiger partial charge in [0.25, 0.3) is 0 Å². The molecule has 0 rings (SSSR count). The molecule has 0 unspecified atom stereocenters. The van der Waals surface area contributed by atoms with Gasteiger partial charge in [-0.1, -0.05) is 65.2 Å². The Morgan fingerprint density at radius 3 is 0.842 bits per heavy atom. The van der Waals surface area contributed by atoms with Crippen molar-refractivity contribution >= 4 is 54.2 Å². The number of carbonyl (C=O) groups is 2. The summed E-state index contributed by atoms with van der Waals surface area (Å²) in [5, 5.41) is 19.8. The molecule has 4 nitrogen and oxygen atoms in total. The van der Waals surface area contributed by atoms with Crippen LogP contribution in [0.15, 0.2) is 0 Å². The van der Waals surface area contributed by atoms with Gasteiger partial charge in [-0.05, 0) is 25.7 Å². The van der Waals surface area contributed by atoms with E-state index in [1.54, 1.807) is 17.7 Å². The van der Waals surface area contributed by atoms with Crippen LogP contribution in [0.25, 0.3) is 0 Å². The van der Waals surface area contributed by atoms with Gasteiger partial charge in [0.15, 0.2) is 0 Å². The molecule has 0 aliphatic carbocycles.